The zero-order valence-electron chi connectivity index (χ0n) is 8.73. The van der Waals surface area contributed by atoms with Crippen LogP contribution in [0.3, 0.4) is 0 Å². The van der Waals surface area contributed by atoms with E-state index in [1.807, 2.05) is 18.2 Å². The highest BCUT2D eigenvalue weighted by molar-refractivity contribution is 5.66. The van der Waals surface area contributed by atoms with Gasteiger partial charge in [0, 0.05) is 18.7 Å². The molecule has 1 aromatic rings. The van der Waals surface area contributed by atoms with Gasteiger partial charge in [0.25, 0.3) is 0 Å². The van der Waals surface area contributed by atoms with E-state index in [2.05, 4.69) is 5.32 Å². The maximum atomic E-state index is 10.3. The van der Waals surface area contributed by atoms with E-state index in [1.165, 1.54) is 0 Å². The van der Waals surface area contributed by atoms with Crippen LogP contribution in [0.25, 0.3) is 0 Å². The second-order valence-electron chi connectivity index (χ2n) is 3.47. The molecule has 0 bridgehead atoms. The van der Waals surface area contributed by atoms with Crippen LogP contribution in [0.4, 0.5) is 0 Å². The quantitative estimate of drug-likeness (QED) is 0.728. The summed E-state index contributed by atoms with van der Waals surface area (Å²) in [5.41, 5.74) is 0.986. The molecule has 1 aliphatic rings. The fourth-order valence-electron chi connectivity index (χ4n) is 1.55. The van der Waals surface area contributed by atoms with Gasteiger partial charge in [-0.05, 0) is 6.07 Å². The lowest BCUT2D eigenvalue weighted by atomic mass is 10.2. The van der Waals surface area contributed by atoms with Crippen LogP contribution in [-0.4, -0.2) is 24.4 Å². The second kappa shape index (κ2) is 4.85. The van der Waals surface area contributed by atoms with Crippen molar-refractivity contribution < 1.29 is 19.4 Å². The Morgan fingerprint density at radius 3 is 3.12 bits per heavy atom. The summed E-state index contributed by atoms with van der Waals surface area (Å²) in [5.74, 6) is 0.702. The molecular weight excluding hydrogens is 210 g/mol. The number of hydrogen-bond donors (Lipinski definition) is 2. The first kappa shape index (κ1) is 10.8. The van der Waals surface area contributed by atoms with Crippen LogP contribution >= 0.6 is 0 Å². The molecule has 0 atom stereocenters. The molecule has 0 saturated carbocycles. The van der Waals surface area contributed by atoms with Crippen LogP contribution in [0.2, 0.25) is 0 Å². The molecule has 1 aliphatic heterocycles. The van der Waals surface area contributed by atoms with Crippen LogP contribution in [0.5, 0.6) is 11.5 Å². The minimum Gasteiger partial charge on any atom is -0.481 e. The van der Waals surface area contributed by atoms with Crippen molar-refractivity contribution in [2.24, 2.45) is 0 Å². The molecule has 16 heavy (non-hydrogen) atoms. The van der Waals surface area contributed by atoms with E-state index < -0.39 is 5.97 Å². The van der Waals surface area contributed by atoms with E-state index in [0.717, 1.165) is 17.1 Å². The average molecular weight is 223 g/mol. The summed E-state index contributed by atoms with van der Waals surface area (Å²) in [6, 6.07) is 5.67. The van der Waals surface area contributed by atoms with Crippen LogP contribution < -0.4 is 14.8 Å². The number of carbonyl (C=O) groups is 1. The Morgan fingerprint density at radius 2 is 2.31 bits per heavy atom. The fourth-order valence-corrected chi connectivity index (χ4v) is 1.55. The lowest BCUT2D eigenvalue weighted by Crippen LogP contribution is -2.17. The molecule has 0 amide bonds. The van der Waals surface area contributed by atoms with Crippen LogP contribution in [0, 0.1) is 0 Å². The molecule has 0 spiro atoms. The molecule has 1 aromatic carbocycles. The Labute approximate surface area is 93.0 Å². The highest BCUT2D eigenvalue weighted by atomic mass is 16.7. The first-order chi connectivity index (χ1) is 7.77. The van der Waals surface area contributed by atoms with Gasteiger partial charge in [-0.3, -0.25) is 4.79 Å². The summed E-state index contributed by atoms with van der Waals surface area (Å²) in [4.78, 5) is 10.3. The number of aliphatic carboxylic acids is 1. The summed E-state index contributed by atoms with van der Waals surface area (Å²) in [7, 11) is 0. The third-order valence-electron chi connectivity index (χ3n) is 2.31. The Bertz CT molecular complexity index is 392. The van der Waals surface area contributed by atoms with E-state index in [4.69, 9.17) is 14.6 Å². The van der Waals surface area contributed by atoms with Crippen molar-refractivity contribution in [2.45, 2.75) is 13.0 Å². The van der Waals surface area contributed by atoms with Gasteiger partial charge in [-0.2, -0.15) is 0 Å². The predicted molar refractivity (Wildman–Crippen MR) is 56.5 cm³/mol. The van der Waals surface area contributed by atoms with Crippen molar-refractivity contribution >= 4 is 5.97 Å². The standard InChI is InChI=1S/C11H13NO4/c13-10(14)4-5-12-6-8-2-1-3-9-11(8)16-7-15-9/h1-3,12H,4-7H2,(H,13,14). The largest absolute Gasteiger partial charge is 0.481 e. The van der Waals surface area contributed by atoms with E-state index in [0.29, 0.717) is 13.1 Å². The van der Waals surface area contributed by atoms with Gasteiger partial charge < -0.3 is 19.9 Å². The molecule has 2 N–H and O–H groups in total. The number of rotatable bonds is 5. The number of nitrogens with one attached hydrogen (secondary N) is 1. The van der Waals surface area contributed by atoms with Crippen molar-refractivity contribution in [3.63, 3.8) is 0 Å². The number of fused-ring (bicyclic) bond motifs is 1. The SMILES string of the molecule is O=C(O)CCNCc1cccc2c1OCO2. The first-order valence-corrected chi connectivity index (χ1v) is 5.07. The van der Waals surface area contributed by atoms with Crippen LogP contribution in [0.15, 0.2) is 18.2 Å². The van der Waals surface area contributed by atoms with Gasteiger partial charge in [-0.25, -0.2) is 0 Å². The zero-order chi connectivity index (χ0) is 11.4. The average Bonchev–Trinajstić information content (AvgIpc) is 2.72. The molecule has 5 heteroatoms. The molecule has 0 saturated heterocycles. The number of benzene rings is 1. The van der Waals surface area contributed by atoms with Gasteiger partial charge >= 0.3 is 5.97 Å². The van der Waals surface area contributed by atoms with Crippen LogP contribution in [0.1, 0.15) is 12.0 Å². The Morgan fingerprint density at radius 1 is 1.44 bits per heavy atom. The van der Waals surface area contributed by atoms with Crippen molar-refractivity contribution in [3.8, 4) is 11.5 Å². The Balaban J connectivity index is 1.90. The molecule has 0 aliphatic carbocycles. The summed E-state index contributed by atoms with van der Waals surface area (Å²) < 4.78 is 10.6. The third kappa shape index (κ3) is 2.43. The summed E-state index contributed by atoms with van der Waals surface area (Å²) in [6.45, 7) is 1.28. The number of ether oxygens (including phenoxy) is 2. The maximum Gasteiger partial charge on any atom is 0.304 e. The number of carboxylic acid groups (broad SMARTS) is 1. The minimum atomic E-state index is -0.801. The van der Waals surface area contributed by atoms with Crippen molar-refractivity contribution in [2.75, 3.05) is 13.3 Å². The first-order valence-electron chi connectivity index (χ1n) is 5.07. The lowest BCUT2D eigenvalue weighted by molar-refractivity contribution is -0.136. The summed E-state index contributed by atoms with van der Waals surface area (Å²) >= 11 is 0. The molecule has 0 radical (unpaired) electrons. The topological polar surface area (TPSA) is 67.8 Å². The van der Waals surface area contributed by atoms with Crippen molar-refractivity contribution in [1.29, 1.82) is 0 Å². The van der Waals surface area contributed by atoms with E-state index in [1.54, 1.807) is 0 Å². The van der Waals surface area contributed by atoms with Gasteiger partial charge in [0.15, 0.2) is 11.5 Å². The predicted octanol–water partition coefficient (Wildman–Crippen LogP) is 0.980. The third-order valence-corrected chi connectivity index (χ3v) is 2.31. The molecule has 86 valence electrons. The molecule has 2 rings (SSSR count). The van der Waals surface area contributed by atoms with Gasteiger partial charge in [0.1, 0.15) is 0 Å². The normalized spacial score (nSPS) is 12.8. The maximum absolute atomic E-state index is 10.3. The van der Waals surface area contributed by atoms with E-state index >= 15 is 0 Å². The number of carboxylic acids is 1. The zero-order valence-corrected chi connectivity index (χ0v) is 8.73. The monoisotopic (exact) mass is 223 g/mol. The molecule has 1 heterocycles. The van der Waals surface area contributed by atoms with Gasteiger partial charge in [0.05, 0.1) is 6.42 Å². The Hall–Kier alpha value is -1.75. The Kier molecular flexibility index (Phi) is 3.26. The smallest absolute Gasteiger partial charge is 0.304 e. The number of hydrogen-bond acceptors (Lipinski definition) is 4. The lowest BCUT2D eigenvalue weighted by Gasteiger charge is -2.06. The molecule has 5 nitrogen and oxygen atoms in total. The summed E-state index contributed by atoms with van der Waals surface area (Å²) in [5, 5.41) is 11.5. The van der Waals surface area contributed by atoms with Crippen molar-refractivity contribution in [1.82, 2.24) is 5.32 Å². The highest BCUT2D eigenvalue weighted by Gasteiger charge is 2.16. The van der Waals surface area contributed by atoms with Gasteiger partial charge in [0.2, 0.25) is 6.79 Å². The molecule has 0 unspecified atom stereocenters. The summed E-state index contributed by atoms with van der Waals surface area (Å²) in [6.07, 6.45) is 0.117. The number of para-hydroxylation sites is 1. The van der Waals surface area contributed by atoms with Crippen molar-refractivity contribution in [3.05, 3.63) is 23.8 Å². The molecule has 0 aromatic heterocycles. The molecule has 0 fully saturated rings. The van der Waals surface area contributed by atoms with Crippen LogP contribution in [-0.2, 0) is 11.3 Å². The van der Waals surface area contributed by atoms with E-state index in [9.17, 15) is 4.79 Å². The minimum absolute atomic E-state index is 0.117. The van der Waals surface area contributed by atoms with Gasteiger partial charge in [-0.15, -0.1) is 0 Å². The van der Waals surface area contributed by atoms with E-state index in [-0.39, 0.29) is 13.2 Å². The fraction of sp³-hybridized carbons (Fsp3) is 0.364. The van der Waals surface area contributed by atoms with Gasteiger partial charge in [-0.1, -0.05) is 12.1 Å². The second-order valence-corrected chi connectivity index (χ2v) is 3.47. The highest BCUT2D eigenvalue weighted by Crippen LogP contribution is 2.35. The molecular formula is C11H13NO4.